The van der Waals surface area contributed by atoms with Crippen LogP contribution in [0.2, 0.25) is 5.02 Å². The molecule has 7 nitrogen and oxygen atoms in total. The van der Waals surface area contributed by atoms with Crippen LogP contribution in [0, 0.1) is 0 Å². The first-order valence-electron chi connectivity index (χ1n) is 9.02. The first kappa shape index (κ1) is 20.5. The van der Waals surface area contributed by atoms with Crippen molar-refractivity contribution in [2.45, 2.75) is 13.5 Å². The van der Waals surface area contributed by atoms with Crippen molar-refractivity contribution in [3.63, 3.8) is 0 Å². The number of amides is 1. The molecule has 1 heterocycles. The van der Waals surface area contributed by atoms with Crippen LogP contribution < -0.4 is 19.5 Å². The smallest absolute Gasteiger partial charge is 0.255 e. The van der Waals surface area contributed by atoms with Crippen molar-refractivity contribution < 1.29 is 19.0 Å². The average molecular weight is 416 g/mol. The maximum Gasteiger partial charge on any atom is 0.255 e. The van der Waals surface area contributed by atoms with E-state index in [0.29, 0.717) is 40.1 Å². The van der Waals surface area contributed by atoms with Crippen molar-refractivity contribution in [3.05, 3.63) is 58.7 Å². The Kier molecular flexibility index (Phi) is 6.61. The highest BCUT2D eigenvalue weighted by Crippen LogP contribution is 2.31. The van der Waals surface area contributed by atoms with Crippen molar-refractivity contribution in [1.82, 2.24) is 15.5 Å². The lowest BCUT2D eigenvalue weighted by molar-refractivity contribution is 0.0951. The molecule has 0 aliphatic heterocycles. The molecule has 2 N–H and O–H groups in total. The number of benzene rings is 2. The number of methoxy groups -OCH3 is 2. The zero-order chi connectivity index (χ0) is 20.8. The van der Waals surface area contributed by atoms with Gasteiger partial charge in [-0.3, -0.25) is 9.89 Å². The second kappa shape index (κ2) is 9.34. The number of H-pyrrole nitrogens is 1. The van der Waals surface area contributed by atoms with E-state index in [1.807, 2.05) is 19.1 Å². The fourth-order valence-corrected chi connectivity index (χ4v) is 3.13. The van der Waals surface area contributed by atoms with Crippen LogP contribution in [-0.4, -0.2) is 36.9 Å². The van der Waals surface area contributed by atoms with E-state index in [0.717, 1.165) is 11.1 Å². The van der Waals surface area contributed by atoms with Gasteiger partial charge in [0.15, 0.2) is 0 Å². The van der Waals surface area contributed by atoms with Gasteiger partial charge in [-0.25, -0.2) is 0 Å². The van der Waals surface area contributed by atoms with Crippen molar-refractivity contribution in [2.75, 3.05) is 20.8 Å². The minimum atomic E-state index is -0.274. The number of aromatic amines is 1. The molecule has 152 valence electrons. The number of nitrogens with one attached hydrogen (secondary N) is 2. The molecule has 0 radical (unpaired) electrons. The lowest BCUT2D eigenvalue weighted by atomic mass is 10.1. The Morgan fingerprint density at radius 3 is 2.62 bits per heavy atom. The van der Waals surface area contributed by atoms with E-state index in [4.69, 9.17) is 25.8 Å². The van der Waals surface area contributed by atoms with Crippen molar-refractivity contribution in [3.8, 4) is 28.5 Å². The predicted octanol–water partition coefficient (Wildman–Crippen LogP) is 4.08. The summed E-state index contributed by atoms with van der Waals surface area (Å²) in [5.74, 6) is 1.66. The van der Waals surface area contributed by atoms with Crippen molar-refractivity contribution in [1.29, 1.82) is 0 Å². The average Bonchev–Trinajstić information content (AvgIpc) is 3.23. The number of aromatic nitrogens is 2. The highest BCUT2D eigenvalue weighted by Gasteiger charge is 2.17. The Balaban J connectivity index is 1.79. The van der Waals surface area contributed by atoms with Gasteiger partial charge in [0.05, 0.1) is 43.3 Å². The Morgan fingerprint density at radius 2 is 1.93 bits per heavy atom. The molecule has 3 rings (SSSR count). The summed E-state index contributed by atoms with van der Waals surface area (Å²) in [7, 11) is 3.17. The van der Waals surface area contributed by atoms with Crippen LogP contribution >= 0.6 is 11.6 Å². The molecule has 0 saturated heterocycles. The predicted molar refractivity (Wildman–Crippen MR) is 111 cm³/mol. The van der Waals surface area contributed by atoms with Crippen LogP contribution in [0.25, 0.3) is 11.3 Å². The van der Waals surface area contributed by atoms with Gasteiger partial charge in [0, 0.05) is 17.7 Å². The van der Waals surface area contributed by atoms with Gasteiger partial charge in [0.25, 0.3) is 5.91 Å². The number of hydrogen-bond acceptors (Lipinski definition) is 5. The minimum Gasteiger partial charge on any atom is -0.497 e. The third-order valence-electron chi connectivity index (χ3n) is 4.33. The molecule has 0 aliphatic carbocycles. The van der Waals surface area contributed by atoms with E-state index in [9.17, 15) is 4.79 Å². The number of rotatable bonds is 8. The van der Waals surface area contributed by atoms with Crippen molar-refractivity contribution >= 4 is 17.5 Å². The zero-order valence-corrected chi connectivity index (χ0v) is 17.2. The van der Waals surface area contributed by atoms with Crippen molar-refractivity contribution in [2.24, 2.45) is 0 Å². The molecule has 0 atom stereocenters. The van der Waals surface area contributed by atoms with Gasteiger partial charge < -0.3 is 19.5 Å². The number of carbonyl (C=O) groups excluding carboxylic acids is 1. The third kappa shape index (κ3) is 4.63. The zero-order valence-electron chi connectivity index (χ0n) is 16.4. The summed E-state index contributed by atoms with van der Waals surface area (Å²) in [6, 6.07) is 10.8. The molecular weight excluding hydrogens is 394 g/mol. The first-order chi connectivity index (χ1) is 14.1. The molecule has 1 aromatic heterocycles. The number of halogens is 1. The highest BCUT2D eigenvalue weighted by molar-refractivity contribution is 6.32. The number of hydrogen-bond donors (Lipinski definition) is 2. The van der Waals surface area contributed by atoms with Gasteiger partial charge in [0.2, 0.25) is 0 Å². The monoisotopic (exact) mass is 415 g/mol. The normalized spacial score (nSPS) is 10.5. The Morgan fingerprint density at radius 1 is 1.14 bits per heavy atom. The van der Waals surface area contributed by atoms with Crippen LogP contribution in [-0.2, 0) is 6.54 Å². The molecule has 8 heteroatoms. The second-order valence-corrected chi connectivity index (χ2v) is 6.50. The quantitative estimate of drug-likeness (QED) is 0.579. The molecule has 3 aromatic rings. The van der Waals surface area contributed by atoms with Gasteiger partial charge in [-0.2, -0.15) is 5.10 Å². The van der Waals surface area contributed by atoms with Crippen LogP contribution in [0.1, 0.15) is 22.8 Å². The van der Waals surface area contributed by atoms with E-state index in [1.165, 1.54) is 6.20 Å². The van der Waals surface area contributed by atoms with Crippen LogP contribution in [0.5, 0.6) is 17.2 Å². The fraction of sp³-hybridized carbons (Fsp3) is 0.238. The molecule has 1 amide bonds. The lowest BCUT2D eigenvalue weighted by Crippen LogP contribution is -2.23. The Bertz CT molecular complexity index is 1000. The molecule has 0 spiro atoms. The Hall–Kier alpha value is -3.19. The largest absolute Gasteiger partial charge is 0.497 e. The molecule has 0 bridgehead atoms. The molecular formula is C21H22ClN3O4. The van der Waals surface area contributed by atoms with E-state index in [-0.39, 0.29) is 12.5 Å². The Labute approximate surface area is 173 Å². The topological polar surface area (TPSA) is 85.5 Å². The van der Waals surface area contributed by atoms with Gasteiger partial charge >= 0.3 is 0 Å². The number of ether oxygens (including phenoxy) is 3. The molecule has 0 unspecified atom stereocenters. The lowest BCUT2D eigenvalue weighted by Gasteiger charge is -2.12. The molecule has 2 aromatic carbocycles. The maximum atomic E-state index is 12.8. The SMILES string of the molecule is CCOc1ccc(-c2[nH]ncc2C(=O)NCc2cc(OC)ccc2OC)cc1Cl. The second-order valence-electron chi connectivity index (χ2n) is 6.10. The summed E-state index contributed by atoms with van der Waals surface area (Å²) in [6.45, 7) is 2.68. The maximum absolute atomic E-state index is 12.8. The number of nitrogens with zero attached hydrogens (tertiary/aromatic N) is 1. The van der Waals surface area contributed by atoms with E-state index in [2.05, 4.69) is 15.5 Å². The molecule has 0 saturated carbocycles. The van der Waals surface area contributed by atoms with E-state index >= 15 is 0 Å². The molecule has 29 heavy (non-hydrogen) atoms. The third-order valence-corrected chi connectivity index (χ3v) is 4.63. The summed E-state index contributed by atoms with van der Waals surface area (Å²) < 4.78 is 16.1. The molecule has 0 fully saturated rings. The van der Waals surface area contributed by atoms with Gasteiger partial charge in [-0.05, 0) is 43.3 Å². The van der Waals surface area contributed by atoms with E-state index < -0.39 is 0 Å². The summed E-state index contributed by atoms with van der Waals surface area (Å²) in [5, 5.41) is 10.2. The standard InChI is InChI=1S/C21H22ClN3O4/c1-4-29-19-7-5-13(10-17(19)22)20-16(12-24-25-20)21(26)23-11-14-9-15(27-2)6-8-18(14)28-3/h5-10,12H,4,11H2,1-3H3,(H,23,26)(H,24,25). The fourth-order valence-electron chi connectivity index (χ4n) is 2.90. The summed E-state index contributed by atoms with van der Waals surface area (Å²) in [5.41, 5.74) is 2.52. The minimum absolute atomic E-state index is 0.272. The summed E-state index contributed by atoms with van der Waals surface area (Å²) >= 11 is 6.27. The highest BCUT2D eigenvalue weighted by atomic mass is 35.5. The van der Waals surface area contributed by atoms with Crippen LogP contribution in [0.4, 0.5) is 0 Å². The molecule has 0 aliphatic rings. The van der Waals surface area contributed by atoms with Crippen LogP contribution in [0.15, 0.2) is 42.6 Å². The summed E-state index contributed by atoms with van der Waals surface area (Å²) in [4.78, 5) is 12.8. The first-order valence-corrected chi connectivity index (χ1v) is 9.40. The number of carbonyl (C=O) groups is 1. The van der Waals surface area contributed by atoms with Gasteiger partial charge in [0.1, 0.15) is 17.2 Å². The van der Waals surface area contributed by atoms with Gasteiger partial charge in [-0.1, -0.05) is 11.6 Å². The summed E-state index contributed by atoms with van der Waals surface area (Å²) in [6.07, 6.45) is 1.48. The van der Waals surface area contributed by atoms with Crippen LogP contribution in [0.3, 0.4) is 0 Å². The van der Waals surface area contributed by atoms with E-state index in [1.54, 1.807) is 38.5 Å². The van der Waals surface area contributed by atoms with Gasteiger partial charge in [-0.15, -0.1) is 0 Å².